The van der Waals surface area contributed by atoms with Crippen molar-refractivity contribution in [3.05, 3.63) is 125 Å². The zero-order chi connectivity index (χ0) is 38.6. The first-order valence-corrected chi connectivity index (χ1v) is 17.6. The van der Waals surface area contributed by atoms with Crippen LogP contribution >= 0.6 is 11.6 Å². The SMILES string of the molecule is COCCOc1ccc(NC(=O)Nc2ccc(Nc3ncc(Cl)cc3-c3nc(C)nc(N(Cc4ccc(OC)cc4)Cc4ccc(OC)cc4)n3)cn2)cc1. The number of methoxy groups -OCH3 is 3. The van der Waals surface area contributed by atoms with E-state index >= 15 is 0 Å². The summed E-state index contributed by atoms with van der Waals surface area (Å²) in [5.41, 5.74) is 3.85. The maximum Gasteiger partial charge on any atom is 0.324 e. The third-order valence-electron chi connectivity index (χ3n) is 8.11. The van der Waals surface area contributed by atoms with Crippen molar-refractivity contribution >= 4 is 46.6 Å². The first-order chi connectivity index (χ1) is 26.8. The summed E-state index contributed by atoms with van der Waals surface area (Å²) in [6, 6.07) is 27.5. The van der Waals surface area contributed by atoms with Gasteiger partial charge >= 0.3 is 6.03 Å². The largest absolute Gasteiger partial charge is 0.497 e. The lowest BCUT2D eigenvalue weighted by atomic mass is 10.1. The molecule has 0 bridgehead atoms. The second-order valence-corrected chi connectivity index (χ2v) is 12.5. The summed E-state index contributed by atoms with van der Waals surface area (Å²) in [7, 11) is 4.90. The fourth-order valence-electron chi connectivity index (χ4n) is 5.37. The highest BCUT2D eigenvalue weighted by molar-refractivity contribution is 6.30. The number of hydrogen-bond acceptors (Lipinski definition) is 12. The van der Waals surface area contributed by atoms with E-state index in [0.29, 0.717) is 83.2 Å². The summed E-state index contributed by atoms with van der Waals surface area (Å²) in [6.07, 6.45) is 3.12. The van der Waals surface area contributed by atoms with E-state index in [2.05, 4.69) is 35.8 Å². The van der Waals surface area contributed by atoms with Crippen LogP contribution in [0, 0.1) is 6.92 Å². The molecule has 2 amide bonds. The van der Waals surface area contributed by atoms with E-state index in [9.17, 15) is 4.79 Å². The minimum Gasteiger partial charge on any atom is -0.497 e. The smallest absolute Gasteiger partial charge is 0.324 e. The molecular formula is C40H40ClN9O5. The van der Waals surface area contributed by atoms with E-state index in [1.54, 1.807) is 70.0 Å². The van der Waals surface area contributed by atoms with Crippen LogP contribution in [0.25, 0.3) is 11.4 Å². The standard InChI is InChI=1S/C40H40ClN9O5/c1-26-44-38(49-39(45-26)50(24-27-5-12-32(53-3)13-6-27)25-28-7-14-33(54-4)15-8-28)35-21-29(41)22-43-37(35)46-31-11-18-36(42-23-31)48-40(51)47-30-9-16-34(17-10-30)55-20-19-52-2/h5-18,21-23H,19-20,24-25H2,1-4H3,(H,43,46)(H2,42,47,48,51). The number of pyridine rings is 2. The first-order valence-electron chi connectivity index (χ1n) is 17.2. The van der Waals surface area contributed by atoms with Crippen LogP contribution in [0.4, 0.5) is 33.8 Å². The number of ether oxygens (including phenoxy) is 4. The molecule has 15 heteroatoms. The minimum atomic E-state index is -0.447. The molecule has 0 radical (unpaired) electrons. The topological polar surface area (TPSA) is 158 Å². The number of aromatic nitrogens is 5. The van der Waals surface area contributed by atoms with Crippen molar-refractivity contribution in [1.29, 1.82) is 0 Å². The highest BCUT2D eigenvalue weighted by atomic mass is 35.5. The number of carbonyl (C=O) groups is 1. The molecule has 0 saturated carbocycles. The van der Waals surface area contributed by atoms with E-state index < -0.39 is 6.03 Å². The molecule has 3 heterocycles. The average Bonchev–Trinajstić information content (AvgIpc) is 3.20. The number of carbonyl (C=O) groups excluding carboxylic acids is 1. The molecule has 282 valence electrons. The number of halogens is 1. The molecule has 0 spiro atoms. The van der Waals surface area contributed by atoms with Crippen molar-refractivity contribution in [3.63, 3.8) is 0 Å². The molecule has 0 aliphatic carbocycles. The van der Waals surface area contributed by atoms with Crippen molar-refractivity contribution < 1.29 is 23.7 Å². The van der Waals surface area contributed by atoms with Crippen LogP contribution in [0.1, 0.15) is 17.0 Å². The van der Waals surface area contributed by atoms with Crippen LogP contribution in [0.5, 0.6) is 17.2 Å². The van der Waals surface area contributed by atoms with E-state index in [1.165, 1.54) is 6.20 Å². The number of urea groups is 1. The number of aryl methyl sites for hydroxylation is 1. The number of anilines is 5. The number of benzene rings is 3. The molecule has 55 heavy (non-hydrogen) atoms. The van der Waals surface area contributed by atoms with E-state index in [1.807, 2.05) is 55.5 Å². The summed E-state index contributed by atoms with van der Waals surface area (Å²) in [5.74, 6) is 4.38. The fourth-order valence-corrected chi connectivity index (χ4v) is 5.53. The monoisotopic (exact) mass is 761 g/mol. The molecule has 0 saturated heterocycles. The van der Waals surface area contributed by atoms with Crippen LogP contribution in [0.2, 0.25) is 5.02 Å². The third-order valence-corrected chi connectivity index (χ3v) is 8.32. The molecule has 0 fully saturated rings. The molecule has 3 aromatic carbocycles. The van der Waals surface area contributed by atoms with Crippen LogP contribution < -0.4 is 35.1 Å². The second-order valence-electron chi connectivity index (χ2n) is 12.1. The van der Waals surface area contributed by atoms with Gasteiger partial charge in [-0.2, -0.15) is 9.97 Å². The van der Waals surface area contributed by atoms with Crippen LogP contribution in [0.3, 0.4) is 0 Å². The summed E-state index contributed by atoms with van der Waals surface area (Å²) < 4.78 is 21.3. The molecular weight excluding hydrogens is 722 g/mol. The van der Waals surface area contributed by atoms with Crippen molar-refractivity contribution in [2.75, 3.05) is 55.4 Å². The van der Waals surface area contributed by atoms with Crippen molar-refractivity contribution in [2.24, 2.45) is 0 Å². The van der Waals surface area contributed by atoms with Crippen molar-refractivity contribution in [1.82, 2.24) is 24.9 Å². The number of nitrogens with one attached hydrogen (secondary N) is 3. The van der Waals surface area contributed by atoms with Crippen LogP contribution in [-0.2, 0) is 17.8 Å². The molecule has 6 rings (SSSR count). The Hall–Kier alpha value is -6.51. The fraction of sp³-hybridized carbons (Fsp3) is 0.200. The maximum atomic E-state index is 12.7. The molecule has 0 aliphatic heterocycles. The summed E-state index contributed by atoms with van der Waals surface area (Å²) in [4.78, 5) is 38.1. The van der Waals surface area contributed by atoms with Crippen molar-refractivity contribution in [2.45, 2.75) is 20.0 Å². The second kappa shape index (κ2) is 18.5. The number of rotatable bonds is 16. The summed E-state index contributed by atoms with van der Waals surface area (Å²) in [5, 5.41) is 9.22. The van der Waals surface area contributed by atoms with E-state index in [0.717, 1.165) is 22.6 Å². The van der Waals surface area contributed by atoms with Gasteiger partial charge in [0.25, 0.3) is 0 Å². The summed E-state index contributed by atoms with van der Waals surface area (Å²) >= 11 is 6.47. The first kappa shape index (κ1) is 38.2. The predicted molar refractivity (Wildman–Crippen MR) is 213 cm³/mol. The Morgan fingerprint density at radius 2 is 1.35 bits per heavy atom. The molecule has 3 aromatic heterocycles. The Labute approximate surface area is 323 Å². The molecule has 0 unspecified atom stereocenters. The Bertz CT molecular complexity index is 2120. The highest BCUT2D eigenvalue weighted by Crippen LogP contribution is 2.31. The Kier molecular flexibility index (Phi) is 12.9. The van der Waals surface area contributed by atoms with Gasteiger partial charge in [0.15, 0.2) is 5.82 Å². The predicted octanol–water partition coefficient (Wildman–Crippen LogP) is 7.93. The number of nitrogens with zero attached hydrogens (tertiary/aromatic N) is 6. The van der Waals surface area contributed by atoms with Gasteiger partial charge < -0.3 is 34.5 Å². The zero-order valence-corrected chi connectivity index (χ0v) is 31.5. The van der Waals surface area contributed by atoms with Gasteiger partial charge in [-0.3, -0.25) is 5.32 Å². The molecule has 3 N–H and O–H groups in total. The van der Waals surface area contributed by atoms with E-state index in [-0.39, 0.29) is 0 Å². The van der Waals surface area contributed by atoms with Crippen LogP contribution in [0.15, 0.2) is 103 Å². The lowest BCUT2D eigenvalue weighted by molar-refractivity contribution is 0.146. The highest BCUT2D eigenvalue weighted by Gasteiger charge is 2.19. The Morgan fingerprint density at radius 3 is 1.95 bits per heavy atom. The van der Waals surface area contributed by atoms with Gasteiger partial charge in [0.05, 0.1) is 43.3 Å². The van der Waals surface area contributed by atoms with Gasteiger partial charge in [0.2, 0.25) is 5.95 Å². The lowest BCUT2D eigenvalue weighted by Gasteiger charge is -2.24. The molecule has 6 aromatic rings. The maximum absolute atomic E-state index is 12.7. The minimum absolute atomic E-state index is 0.346. The zero-order valence-electron chi connectivity index (χ0n) is 30.7. The quantitative estimate of drug-likeness (QED) is 0.0820. The van der Waals surface area contributed by atoms with Gasteiger partial charge in [0, 0.05) is 32.1 Å². The van der Waals surface area contributed by atoms with Gasteiger partial charge in [-0.05, 0) is 84.8 Å². The van der Waals surface area contributed by atoms with Gasteiger partial charge in [0.1, 0.15) is 41.3 Å². The van der Waals surface area contributed by atoms with Gasteiger partial charge in [-0.25, -0.2) is 19.7 Å². The molecule has 0 aliphatic rings. The Morgan fingerprint density at radius 1 is 0.709 bits per heavy atom. The summed E-state index contributed by atoms with van der Waals surface area (Å²) in [6.45, 7) is 3.76. The Balaban J connectivity index is 1.19. The van der Waals surface area contributed by atoms with Gasteiger partial charge in [-0.15, -0.1) is 0 Å². The lowest BCUT2D eigenvalue weighted by Crippen LogP contribution is -2.25. The molecule has 14 nitrogen and oxygen atoms in total. The molecule has 0 atom stereocenters. The third kappa shape index (κ3) is 10.8. The van der Waals surface area contributed by atoms with E-state index in [4.69, 9.17) is 40.5 Å². The number of hydrogen-bond donors (Lipinski definition) is 3. The average molecular weight is 762 g/mol. The van der Waals surface area contributed by atoms with Gasteiger partial charge in [-0.1, -0.05) is 35.9 Å². The van der Waals surface area contributed by atoms with Crippen molar-refractivity contribution in [3.8, 4) is 28.6 Å². The van der Waals surface area contributed by atoms with Crippen LogP contribution in [-0.4, -0.2) is 65.5 Å². The number of amides is 2. The normalized spacial score (nSPS) is 10.7.